The van der Waals surface area contributed by atoms with Crippen LogP contribution < -0.4 is 5.32 Å². The van der Waals surface area contributed by atoms with Gasteiger partial charge in [0.2, 0.25) is 0 Å². The first-order valence-electron chi connectivity index (χ1n) is 6.62. The fraction of sp³-hybridized carbons (Fsp3) is 0.533. The number of carbonyl (C=O) groups excluding carboxylic acids is 1. The average Bonchev–Trinajstić information content (AvgIpc) is 2.42. The minimum atomic E-state index is -0.604. The van der Waals surface area contributed by atoms with Gasteiger partial charge in [-0.25, -0.2) is 4.79 Å². The predicted octanol–water partition coefficient (Wildman–Crippen LogP) is 2.53. The molecule has 1 aliphatic heterocycles. The van der Waals surface area contributed by atoms with Gasteiger partial charge in [0.15, 0.2) is 0 Å². The van der Waals surface area contributed by atoms with Crippen molar-refractivity contribution in [3.05, 3.63) is 34.9 Å². The van der Waals surface area contributed by atoms with Gasteiger partial charge in [-0.15, -0.1) is 0 Å². The van der Waals surface area contributed by atoms with Gasteiger partial charge in [-0.3, -0.25) is 0 Å². The first-order valence-corrected chi connectivity index (χ1v) is 6.62. The number of methoxy groups -OCH3 is 1. The highest BCUT2D eigenvalue weighted by Crippen LogP contribution is 2.26. The van der Waals surface area contributed by atoms with Crippen LogP contribution in [0.4, 0.5) is 4.79 Å². The van der Waals surface area contributed by atoms with Crippen molar-refractivity contribution < 1.29 is 14.3 Å². The Morgan fingerprint density at radius 2 is 2.05 bits per heavy atom. The Morgan fingerprint density at radius 3 is 2.74 bits per heavy atom. The van der Waals surface area contributed by atoms with Crippen molar-refractivity contribution in [3.63, 3.8) is 0 Å². The minimum Gasteiger partial charge on any atom is -0.438 e. The zero-order chi connectivity index (χ0) is 13.8. The number of benzene rings is 1. The van der Waals surface area contributed by atoms with Gasteiger partial charge in [0.25, 0.3) is 0 Å². The van der Waals surface area contributed by atoms with E-state index in [0.717, 1.165) is 13.0 Å². The molecule has 0 radical (unpaired) electrons. The van der Waals surface area contributed by atoms with Gasteiger partial charge in [-0.2, -0.15) is 0 Å². The number of aryl methyl sites for hydroxylation is 2. The predicted molar refractivity (Wildman–Crippen MR) is 73.4 cm³/mol. The van der Waals surface area contributed by atoms with Crippen LogP contribution in [0.5, 0.6) is 0 Å². The number of nitrogens with one attached hydrogen (secondary N) is 1. The zero-order valence-electron chi connectivity index (χ0n) is 11.7. The summed E-state index contributed by atoms with van der Waals surface area (Å²) in [7, 11) is 1.33. The lowest BCUT2D eigenvalue weighted by atomic mass is 9.88. The zero-order valence-corrected chi connectivity index (χ0v) is 11.7. The van der Waals surface area contributed by atoms with Crippen molar-refractivity contribution in [2.24, 2.45) is 0 Å². The Bertz CT molecular complexity index is 459. The topological polar surface area (TPSA) is 47.6 Å². The summed E-state index contributed by atoms with van der Waals surface area (Å²) < 4.78 is 9.76. The highest BCUT2D eigenvalue weighted by Gasteiger charge is 2.26. The van der Waals surface area contributed by atoms with Gasteiger partial charge in [0, 0.05) is 13.1 Å². The summed E-state index contributed by atoms with van der Waals surface area (Å²) in [4.78, 5) is 11.1. The van der Waals surface area contributed by atoms with E-state index in [9.17, 15) is 4.79 Å². The molecule has 1 heterocycles. The quantitative estimate of drug-likeness (QED) is 0.833. The SMILES string of the molecule is COC(=O)OC1CNCC(c2ccc(C)c(C)c2)C1. The number of piperidine rings is 1. The van der Waals surface area contributed by atoms with Crippen LogP contribution in [0.3, 0.4) is 0 Å². The van der Waals surface area contributed by atoms with E-state index in [4.69, 9.17) is 4.74 Å². The van der Waals surface area contributed by atoms with E-state index in [0.29, 0.717) is 12.5 Å². The van der Waals surface area contributed by atoms with Crippen molar-refractivity contribution >= 4 is 6.16 Å². The Morgan fingerprint density at radius 1 is 1.26 bits per heavy atom. The molecule has 0 aliphatic carbocycles. The molecule has 1 saturated heterocycles. The minimum absolute atomic E-state index is 0.118. The van der Waals surface area contributed by atoms with Crippen LogP contribution in [-0.4, -0.2) is 32.5 Å². The summed E-state index contributed by atoms with van der Waals surface area (Å²) in [6.07, 6.45) is 0.116. The van der Waals surface area contributed by atoms with Crippen LogP contribution in [0.2, 0.25) is 0 Å². The first kappa shape index (κ1) is 13.9. The lowest BCUT2D eigenvalue weighted by Crippen LogP contribution is -2.40. The van der Waals surface area contributed by atoms with Crippen LogP contribution in [0.15, 0.2) is 18.2 Å². The van der Waals surface area contributed by atoms with Crippen LogP contribution >= 0.6 is 0 Å². The molecule has 1 fully saturated rings. The van der Waals surface area contributed by atoms with Gasteiger partial charge in [0.05, 0.1) is 7.11 Å². The van der Waals surface area contributed by atoms with Crippen LogP contribution in [0.1, 0.15) is 29.0 Å². The standard InChI is InChI=1S/C15H21NO3/c1-10-4-5-12(6-11(10)2)13-7-14(9-16-8-13)19-15(17)18-3/h4-6,13-14,16H,7-9H2,1-3H3. The second kappa shape index (κ2) is 6.06. The maximum Gasteiger partial charge on any atom is 0.508 e. The molecule has 4 nitrogen and oxygen atoms in total. The molecule has 2 unspecified atom stereocenters. The third-order valence-electron chi connectivity index (χ3n) is 3.74. The largest absolute Gasteiger partial charge is 0.508 e. The summed E-state index contributed by atoms with van der Waals surface area (Å²) >= 11 is 0. The number of carbonyl (C=O) groups is 1. The third-order valence-corrected chi connectivity index (χ3v) is 3.74. The van der Waals surface area contributed by atoms with E-state index < -0.39 is 6.16 Å². The van der Waals surface area contributed by atoms with Gasteiger partial charge in [-0.05, 0) is 42.9 Å². The number of hydrogen-bond acceptors (Lipinski definition) is 4. The molecule has 1 aliphatic rings. The lowest BCUT2D eigenvalue weighted by Gasteiger charge is -2.29. The molecule has 0 amide bonds. The van der Waals surface area contributed by atoms with E-state index in [1.165, 1.54) is 23.8 Å². The molecule has 1 aromatic carbocycles. The molecule has 19 heavy (non-hydrogen) atoms. The highest BCUT2D eigenvalue weighted by molar-refractivity contribution is 5.59. The number of hydrogen-bond donors (Lipinski definition) is 1. The van der Waals surface area contributed by atoms with E-state index in [1.54, 1.807) is 0 Å². The van der Waals surface area contributed by atoms with Gasteiger partial charge in [-0.1, -0.05) is 18.2 Å². The molecule has 1 N–H and O–H groups in total. The van der Waals surface area contributed by atoms with Crippen LogP contribution in [-0.2, 0) is 9.47 Å². The highest BCUT2D eigenvalue weighted by atomic mass is 16.7. The van der Waals surface area contributed by atoms with Gasteiger partial charge in [0.1, 0.15) is 6.10 Å². The molecule has 4 heteroatoms. The van der Waals surface area contributed by atoms with Crippen molar-refractivity contribution in [2.45, 2.75) is 32.3 Å². The van der Waals surface area contributed by atoms with Crippen molar-refractivity contribution in [2.75, 3.05) is 20.2 Å². The maximum absolute atomic E-state index is 11.1. The number of rotatable bonds is 2. The smallest absolute Gasteiger partial charge is 0.438 e. The molecule has 0 saturated carbocycles. The van der Waals surface area contributed by atoms with E-state index >= 15 is 0 Å². The normalized spacial score (nSPS) is 22.9. The monoisotopic (exact) mass is 263 g/mol. The summed E-state index contributed by atoms with van der Waals surface area (Å²) in [5, 5.41) is 3.31. The van der Waals surface area contributed by atoms with Crippen LogP contribution in [0.25, 0.3) is 0 Å². The van der Waals surface area contributed by atoms with Gasteiger partial charge >= 0.3 is 6.16 Å². The Hall–Kier alpha value is -1.55. The molecule has 0 spiro atoms. The molecule has 0 aromatic heterocycles. The summed E-state index contributed by atoms with van der Waals surface area (Å²) in [5.41, 5.74) is 3.90. The summed E-state index contributed by atoms with van der Waals surface area (Å²) in [5.74, 6) is 0.378. The third kappa shape index (κ3) is 3.47. The van der Waals surface area contributed by atoms with Crippen molar-refractivity contribution in [1.82, 2.24) is 5.32 Å². The maximum atomic E-state index is 11.1. The molecular formula is C15H21NO3. The summed E-state index contributed by atoms with van der Waals surface area (Å²) in [6, 6.07) is 6.53. The summed E-state index contributed by atoms with van der Waals surface area (Å²) in [6.45, 7) is 5.85. The molecule has 1 aromatic rings. The van der Waals surface area contributed by atoms with Crippen molar-refractivity contribution in [1.29, 1.82) is 0 Å². The molecule has 2 atom stereocenters. The first-order chi connectivity index (χ1) is 9.10. The lowest BCUT2D eigenvalue weighted by molar-refractivity contribution is 0.0250. The molecule has 0 bridgehead atoms. The molecular weight excluding hydrogens is 242 g/mol. The van der Waals surface area contributed by atoms with Gasteiger partial charge < -0.3 is 14.8 Å². The molecule has 104 valence electrons. The Balaban J connectivity index is 2.04. The van der Waals surface area contributed by atoms with E-state index in [2.05, 4.69) is 42.1 Å². The van der Waals surface area contributed by atoms with Crippen molar-refractivity contribution in [3.8, 4) is 0 Å². The Kier molecular flexibility index (Phi) is 4.43. The van der Waals surface area contributed by atoms with Crippen LogP contribution in [0, 0.1) is 13.8 Å². The van der Waals surface area contributed by atoms with E-state index in [-0.39, 0.29) is 6.10 Å². The molecule has 2 rings (SSSR count). The number of ether oxygens (including phenoxy) is 2. The second-order valence-electron chi connectivity index (χ2n) is 5.13. The fourth-order valence-electron chi connectivity index (χ4n) is 2.45. The average molecular weight is 263 g/mol. The Labute approximate surface area is 114 Å². The second-order valence-corrected chi connectivity index (χ2v) is 5.13. The fourth-order valence-corrected chi connectivity index (χ4v) is 2.45. The van der Waals surface area contributed by atoms with E-state index in [1.807, 2.05) is 0 Å².